The van der Waals surface area contributed by atoms with Gasteiger partial charge in [-0.25, -0.2) is 9.97 Å². The molecule has 1 aliphatic carbocycles. The molecule has 2 heterocycles. The normalized spacial score (nSPS) is 16.5. The molecule has 0 saturated heterocycles. The van der Waals surface area contributed by atoms with Crippen molar-refractivity contribution in [2.45, 2.75) is 25.3 Å². The Kier molecular flexibility index (Phi) is 3.82. The van der Waals surface area contributed by atoms with E-state index in [2.05, 4.69) is 30.9 Å². The molecule has 3 aromatic rings. The summed E-state index contributed by atoms with van der Waals surface area (Å²) in [6.07, 6.45) is 4.47. The summed E-state index contributed by atoms with van der Waals surface area (Å²) >= 11 is 0. The molecule has 2 aromatic heterocycles. The Balaban J connectivity index is 1.45. The fourth-order valence-corrected chi connectivity index (χ4v) is 3.04. The minimum absolute atomic E-state index is 0.314. The second-order valence-electron chi connectivity index (χ2n) is 5.97. The number of aryl methyl sites for hydroxylation is 1. The molecule has 0 amide bonds. The SMILES string of the molecule is Cn1nnc2c1CCC(Nc1cc(Nc3ccccc3)ncn1)C2. The molecule has 0 fully saturated rings. The number of nitrogens with zero attached hydrogens (tertiary/aromatic N) is 5. The molecule has 7 nitrogen and oxygen atoms in total. The molecule has 1 aromatic carbocycles. The quantitative estimate of drug-likeness (QED) is 0.767. The predicted molar refractivity (Wildman–Crippen MR) is 92.2 cm³/mol. The third kappa shape index (κ3) is 3.05. The molecule has 0 saturated carbocycles. The van der Waals surface area contributed by atoms with E-state index in [1.807, 2.05) is 48.1 Å². The first-order valence-electron chi connectivity index (χ1n) is 8.06. The van der Waals surface area contributed by atoms with Crippen LogP contribution in [0.15, 0.2) is 42.7 Å². The van der Waals surface area contributed by atoms with Gasteiger partial charge >= 0.3 is 0 Å². The van der Waals surface area contributed by atoms with E-state index in [4.69, 9.17) is 0 Å². The van der Waals surface area contributed by atoms with Crippen molar-refractivity contribution >= 4 is 17.3 Å². The molecule has 4 rings (SSSR count). The van der Waals surface area contributed by atoms with Crippen LogP contribution in [0.25, 0.3) is 0 Å². The number of hydrogen-bond donors (Lipinski definition) is 2. The average Bonchev–Trinajstić information content (AvgIpc) is 2.97. The minimum atomic E-state index is 0.314. The third-order valence-electron chi connectivity index (χ3n) is 4.26. The number of benzene rings is 1. The van der Waals surface area contributed by atoms with E-state index in [9.17, 15) is 0 Å². The van der Waals surface area contributed by atoms with E-state index >= 15 is 0 Å². The van der Waals surface area contributed by atoms with Crippen LogP contribution in [0.1, 0.15) is 17.8 Å². The number of aromatic nitrogens is 5. The number of fused-ring (bicyclic) bond motifs is 1. The van der Waals surface area contributed by atoms with Gasteiger partial charge < -0.3 is 10.6 Å². The van der Waals surface area contributed by atoms with Gasteiger partial charge in [0.2, 0.25) is 0 Å². The van der Waals surface area contributed by atoms with Gasteiger partial charge in [0.05, 0.1) is 11.4 Å². The largest absolute Gasteiger partial charge is 0.367 e. The average molecular weight is 321 g/mol. The molecule has 24 heavy (non-hydrogen) atoms. The van der Waals surface area contributed by atoms with Crippen LogP contribution in [0.5, 0.6) is 0 Å². The second kappa shape index (κ2) is 6.27. The highest BCUT2D eigenvalue weighted by Crippen LogP contribution is 2.22. The van der Waals surface area contributed by atoms with Crippen LogP contribution < -0.4 is 10.6 Å². The van der Waals surface area contributed by atoms with E-state index in [-0.39, 0.29) is 0 Å². The van der Waals surface area contributed by atoms with Gasteiger partial charge in [0.1, 0.15) is 18.0 Å². The summed E-state index contributed by atoms with van der Waals surface area (Å²) in [5, 5.41) is 15.1. The van der Waals surface area contributed by atoms with E-state index in [1.165, 1.54) is 5.69 Å². The standard InChI is InChI=1S/C17H19N7/c1-24-15-8-7-13(9-14(15)22-23-24)21-17-10-16(18-11-19-17)20-12-5-3-2-4-6-12/h2-6,10-11,13H,7-9H2,1H3,(H2,18,19,20,21). The highest BCUT2D eigenvalue weighted by Gasteiger charge is 2.23. The van der Waals surface area contributed by atoms with Crippen LogP contribution in [-0.2, 0) is 19.9 Å². The van der Waals surface area contributed by atoms with Crippen molar-refractivity contribution < 1.29 is 0 Å². The smallest absolute Gasteiger partial charge is 0.135 e. The highest BCUT2D eigenvalue weighted by molar-refractivity contribution is 5.58. The number of nitrogens with one attached hydrogen (secondary N) is 2. The molecule has 0 aliphatic heterocycles. The topological polar surface area (TPSA) is 80.5 Å². The maximum Gasteiger partial charge on any atom is 0.135 e. The van der Waals surface area contributed by atoms with Crippen LogP contribution >= 0.6 is 0 Å². The zero-order chi connectivity index (χ0) is 16.4. The van der Waals surface area contributed by atoms with Crippen molar-refractivity contribution in [2.75, 3.05) is 10.6 Å². The first kappa shape index (κ1) is 14.6. The zero-order valence-corrected chi connectivity index (χ0v) is 13.5. The Morgan fingerprint density at radius 2 is 1.96 bits per heavy atom. The zero-order valence-electron chi connectivity index (χ0n) is 13.5. The summed E-state index contributed by atoms with van der Waals surface area (Å²) in [5.41, 5.74) is 3.32. The highest BCUT2D eigenvalue weighted by atomic mass is 15.4. The Morgan fingerprint density at radius 1 is 1.12 bits per heavy atom. The maximum absolute atomic E-state index is 4.33. The van der Waals surface area contributed by atoms with Gasteiger partial charge in [-0.2, -0.15) is 0 Å². The minimum Gasteiger partial charge on any atom is -0.367 e. The Hall–Kier alpha value is -2.96. The molecular weight excluding hydrogens is 302 g/mol. The number of para-hydroxylation sites is 1. The van der Waals surface area contributed by atoms with Crippen molar-refractivity contribution in [3.63, 3.8) is 0 Å². The molecule has 0 spiro atoms. The second-order valence-corrected chi connectivity index (χ2v) is 5.97. The van der Waals surface area contributed by atoms with Gasteiger partial charge in [0.15, 0.2) is 0 Å². The summed E-state index contributed by atoms with van der Waals surface area (Å²) in [6, 6.07) is 12.2. The van der Waals surface area contributed by atoms with Gasteiger partial charge in [-0.15, -0.1) is 5.10 Å². The number of rotatable bonds is 4. The van der Waals surface area contributed by atoms with E-state index in [0.717, 1.165) is 42.3 Å². The fourth-order valence-electron chi connectivity index (χ4n) is 3.04. The molecule has 122 valence electrons. The molecule has 1 unspecified atom stereocenters. The lowest BCUT2D eigenvalue weighted by molar-refractivity contribution is 0.576. The van der Waals surface area contributed by atoms with E-state index < -0.39 is 0 Å². The van der Waals surface area contributed by atoms with Crippen LogP contribution in [-0.4, -0.2) is 31.0 Å². The lowest BCUT2D eigenvalue weighted by Gasteiger charge is -2.23. The molecule has 7 heteroatoms. The number of anilines is 3. The van der Waals surface area contributed by atoms with E-state index in [0.29, 0.717) is 6.04 Å². The lowest BCUT2D eigenvalue weighted by Crippen LogP contribution is -2.28. The molecule has 0 bridgehead atoms. The van der Waals surface area contributed by atoms with Crippen LogP contribution in [0, 0.1) is 0 Å². The Morgan fingerprint density at radius 3 is 2.83 bits per heavy atom. The van der Waals surface area contributed by atoms with Crippen LogP contribution in [0.3, 0.4) is 0 Å². The van der Waals surface area contributed by atoms with Crippen molar-refractivity contribution in [2.24, 2.45) is 7.05 Å². The van der Waals surface area contributed by atoms with Gasteiger partial charge in [-0.3, -0.25) is 4.68 Å². The van der Waals surface area contributed by atoms with Gasteiger partial charge in [0, 0.05) is 31.3 Å². The summed E-state index contributed by atoms with van der Waals surface area (Å²) in [5.74, 6) is 1.59. The molecule has 2 N–H and O–H groups in total. The van der Waals surface area contributed by atoms with Gasteiger partial charge in [-0.05, 0) is 25.0 Å². The Bertz CT molecular complexity index is 828. The van der Waals surface area contributed by atoms with Gasteiger partial charge in [0.25, 0.3) is 0 Å². The van der Waals surface area contributed by atoms with E-state index in [1.54, 1.807) is 6.33 Å². The van der Waals surface area contributed by atoms with Crippen molar-refractivity contribution in [3.05, 3.63) is 54.1 Å². The predicted octanol–water partition coefficient (Wildman–Crippen LogP) is 2.32. The van der Waals surface area contributed by atoms with Crippen LogP contribution in [0.4, 0.5) is 17.3 Å². The first-order valence-corrected chi connectivity index (χ1v) is 8.06. The van der Waals surface area contributed by atoms with Crippen molar-refractivity contribution in [1.29, 1.82) is 0 Å². The third-order valence-corrected chi connectivity index (χ3v) is 4.26. The number of hydrogen-bond acceptors (Lipinski definition) is 6. The first-order chi connectivity index (χ1) is 11.8. The summed E-state index contributed by atoms with van der Waals surface area (Å²) in [6.45, 7) is 0. The molecule has 1 atom stereocenters. The van der Waals surface area contributed by atoms with Gasteiger partial charge in [-0.1, -0.05) is 23.4 Å². The lowest BCUT2D eigenvalue weighted by atomic mass is 9.96. The van der Waals surface area contributed by atoms with Crippen molar-refractivity contribution in [3.8, 4) is 0 Å². The monoisotopic (exact) mass is 321 g/mol. The molecule has 1 aliphatic rings. The Labute approximate surface area is 140 Å². The van der Waals surface area contributed by atoms with Crippen LogP contribution in [0.2, 0.25) is 0 Å². The van der Waals surface area contributed by atoms with Crippen molar-refractivity contribution in [1.82, 2.24) is 25.0 Å². The molecule has 0 radical (unpaired) electrons. The summed E-state index contributed by atoms with van der Waals surface area (Å²) in [7, 11) is 1.95. The fraction of sp³-hybridized carbons (Fsp3) is 0.294. The maximum atomic E-state index is 4.33. The summed E-state index contributed by atoms with van der Waals surface area (Å²) in [4.78, 5) is 8.61. The molecular formula is C17H19N7. The summed E-state index contributed by atoms with van der Waals surface area (Å²) < 4.78 is 1.87.